The van der Waals surface area contributed by atoms with Gasteiger partial charge < -0.3 is 10.6 Å². The molecule has 2 aromatic carbocycles. The van der Waals surface area contributed by atoms with Crippen molar-refractivity contribution in [2.24, 2.45) is 0 Å². The standard InChI is InChI=1S/C18H15ClF3N5/c19-13-7-5-12(6-8-13)9-10-23-17-26-16(11-24-27-17)25-15-4-2-1-3-14(15)18(20,21)22/h1-8,11H,9-10H2,(H2,23,25,26,27). The zero-order chi connectivity index (χ0) is 19.3. The minimum Gasteiger partial charge on any atom is -0.353 e. The number of rotatable bonds is 6. The number of nitrogens with zero attached hydrogens (tertiary/aromatic N) is 3. The molecular formula is C18H15ClF3N5. The second kappa shape index (κ2) is 8.22. The summed E-state index contributed by atoms with van der Waals surface area (Å²) in [7, 11) is 0. The molecule has 0 atom stereocenters. The van der Waals surface area contributed by atoms with E-state index < -0.39 is 11.7 Å². The monoisotopic (exact) mass is 393 g/mol. The van der Waals surface area contributed by atoms with Crippen LogP contribution in [0.4, 0.5) is 30.6 Å². The average Bonchev–Trinajstić information content (AvgIpc) is 2.63. The summed E-state index contributed by atoms with van der Waals surface area (Å²) in [5.74, 6) is 0.383. The molecule has 27 heavy (non-hydrogen) atoms. The van der Waals surface area contributed by atoms with E-state index in [1.54, 1.807) is 12.1 Å². The van der Waals surface area contributed by atoms with Gasteiger partial charge in [0.2, 0.25) is 5.95 Å². The number of benzene rings is 2. The number of nitrogens with one attached hydrogen (secondary N) is 2. The van der Waals surface area contributed by atoms with Gasteiger partial charge in [0.25, 0.3) is 0 Å². The molecule has 0 aliphatic heterocycles. The van der Waals surface area contributed by atoms with Gasteiger partial charge in [-0.2, -0.15) is 23.3 Å². The first-order valence-corrected chi connectivity index (χ1v) is 8.41. The van der Waals surface area contributed by atoms with Crippen LogP contribution in [0.2, 0.25) is 5.02 Å². The predicted molar refractivity (Wildman–Crippen MR) is 98.2 cm³/mol. The molecule has 3 aromatic rings. The van der Waals surface area contributed by atoms with Crippen molar-refractivity contribution in [1.82, 2.24) is 15.2 Å². The van der Waals surface area contributed by atoms with Gasteiger partial charge in [0.15, 0.2) is 5.82 Å². The van der Waals surface area contributed by atoms with Crippen LogP contribution < -0.4 is 10.6 Å². The van der Waals surface area contributed by atoms with E-state index >= 15 is 0 Å². The van der Waals surface area contributed by atoms with Gasteiger partial charge in [0, 0.05) is 11.6 Å². The fourth-order valence-electron chi connectivity index (χ4n) is 2.39. The maximum atomic E-state index is 13.1. The molecule has 0 aliphatic carbocycles. The Labute approximate surface area is 158 Å². The van der Waals surface area contributed by atoms with E-state index in [1.807, 2.05) is 12.1 Å². The number of alkyl halides is 3. The highest BCUT2D eigenvalue weighted by Crippen LogP contribution is 2.35. The first kappa shape index (κ1) is 18.9. The Morgan fingerprint density at radius 1 is 1.00 bits per heavy atom. The number of aromatic nitrogens is 3. The molecule has 0 amide bonds. The summed E-state index contributed by atoms with van der Waals surface area (Å²) < 4.78 is 39.2. The largest absolute Gasteiger partial charge is 0.418 e. The van der Waals surface area contributed by atoms with Gasteiger partial charge in [0.05, 0.1) is 17.4 Å². The molecule has 0 saturated carbocycles. The lowest BCUT2D eigenvalue weighted by molar-refractivity contribution is -0.136. The molecule has 1 aromatic heterocycles. The van der Waals surface area contributed by atoms with Crippen molar-refractivity contribution >= 4 is 29.1 Å². The van der Waals surface area contributed by atoms with Gasteiger partial charge >= 0.3 is 6.18 Å². The Hall–Kier alpha value is -2.87. The third kappa shape index (κ3) is 5.30. The van der Waals surface area contributed by atoms with Gasteiger partial charge in [-0.15, -0.1) is 5.10 Å². The first-order valence-electron chi connectivity index (χ1n) is 8.03. The van der Waals surface area contributed by atoms with Gasteiger partial charge in [0.1, 0.15) is 0 Å². The van der Waals surface area contributed by atoms with Crippen LogP contribution in [0.5, 0.6) is 0 Å². The van der Waals surface area contributed by atoms with E-state index in [4.69, 9.17) is 11.6 Å². The Morgan fingerprint density at radius 2 is 1.74 bits per heavy atom. The Balaban J connectivity index is 1.65. The van der Waals surface area contributed by atoms with Crippen molar-refractivity contribution in [2.45, 2.75) is 12.6 Å². The maximum Gasteiger partial charge on any atom is 0.418 e. The molecule has 1 heterocycles. The van der Waals surface area contributed by atoms with E-state index in [1.165, 1.54) is 24.4 Å². The molecule has 0 radical (unpaired) electrons. The molecule has 5 nitrogen and oxygen atoms in total. The molecular weight excluding hydrogens is 379 g/mol. The van der Waals surface area contributed by atoms with Crippen molar-refractivity contribution in [3.63, 3.8) is 0 Å². The molecule has 3 rings (SSSR count). The van der Waals surface area contributed by atoms with Gasteiger partial charge in [-0.25, -0.2) is 0 Å². The second-order valence-corrected chi connectivity index (χ2v) is 6.07. The lowest BCUT2D eigenvalue weighted by Gasteiger charge is -2.14. The Kier molecular flexibility index (Phi) is 5.75. The highest BCUT2D eigenvalue weighted by molar-refractivity contribution is 6.30. The molecule has 0 saturated heterocycles. The van der Waals surface area contributed by atoms with Crippen LogP contribution in [0.15, 0.2) is 54.7 Å². The minimum absolute atomic E-state index is 0.0994. The third-order valence-electron chi connectivity index (χ3n) is 3.66. The molecule has 0 spiro atoms. The molecule has 0 fully saturated rings. The van der Waals surface area contributed by atoms with E-state index in [0.717, 1.165) is 11.6 Å². The number of hydrogen-bond donors (Lipinski definition) is 2. The lowest BCUT2D eigenvalue weighted by atomic mass is 10.1. The normalized spacial score (nSPS) is 11.3. The topological polar surface area (TPSA) is 62.7 Å². The lowest BCUT2D eigenvalue weighted by Crippen LogP contribution is -2.11. The van der Waals surface area contributed by atoms with Crippen molar-refractivity contribution in [2.75, 3.05) is 17.2 Å². The van der Waals surface area contributed by atoms with Crippen LogP contribution in [0.25, 0.3) is 0 Å². The van der Waals surface area contributed by atoms with Crippen molar-refractivity contribution in [1.29, 1.82) is 0 Å². The molecule has 0 unspecified atom stereocenters. The average molecular weight is 394 g/mol. The summed E-state index contributed by atoms with van der Waals surface area (Å²) in [4.78, 5) is 4.15. The summed E-state index contributed by atoms with van der Waals surface area (Å²) in [6.45, 7) is 0.534. The molecule has 2 N–H and O–H groups in total. The number of halogens is 4. The highest BCUT2D eigenvalue weighted by atomic mass is 35.5. The number of para-hydroxylation sites is 1. The van der Waals surface area contributed by atoms with Crippen LogP contribution in [-0.4, -0.2) is 21.7 Å². The summed E-state index contributed by atoms with van der Waals surface area (Å²) >= 11 is 5.84. The smallest absolute Gasteiger partial charge is 0.353 e. The van der Waals surface area contributed by atoms with Crippen LogP contribution in [0, 0.1) is 0 Å². The molecule has 140 valence electrons. The SMILES string of the molecule is FC(F)(F)c1ccccc1Nc1cnnc(NCCc2ccc(Cl)cc2)n1. The maximum absolute atomic E-state index is 13.1. The summed E-state index contributed by atoms with van der Waals surface area (Å²) in [6, 6.07) is 12.6. The molecule has 0 aliphatic rings. The Morgan fingerprint density at radius 3 is 2.48 bits per heavy atom. The van der Waals surface area contributed by atoms with Crippen molar-refractivity contribution in [3.05, 3.63) is 70.9 Å². The van der Waals surface area contributed by atoms with Crippen LogP contribution in [0.1, 0.15) is 11.1 Å². The van der Waals surface area contributed by atoms with Crippen molar-refractivity contribution < 1.29 is 13.2 Å². The Bertz CT molecular complexity index is 900. The van der Waals surface area contributed by atoms with Crippen LogP contribution in [-0.2, 0) is 12.6 Å². The fourth-order valence-corrected chi connectivity index (χ4v) is 2.51. The second-order valence-electron chi connectivity index (χ2n) is 5.64. The highest BCUT2D eigenvalue weighted by Gasteiger charge is 2.33. The van der Waals surface area contributed by atoms with Gasteiger partial charge in [-0.1, -0.05) is 35.9 Å². The molecule has 9 heteroatoms. The van der Waals surface area contributed by atoms with E-state index in [0.29, 0.717) is 18.0 Å². The fraction of sp³-hybridized carbons (Fsp3) is 0.167. The number of hydrogen-bond acceptors (Lipinski definition) is 5. The number of anilines is 3. The summed E-state index contributed by atoms with van der Waals surface area (Å²) in [6.07, 6.45) is -2.50. The molecule has 0 bridgehead atoms. The van der Waals surface area contributed by atoms with Gasteiger partial charge in [-0.05, 0) is 36.2 Å². The zero-order valence-electron chi connectivity index (χ0n) is 14.0. The van der Waals surface area contributed by atoms with Crippen LogP contribution in [0.3, 0.4) is 0 Å². The van der Waals surface area contributed by atoms with E-state index in [9.17, 15) is 13.2 Å². The van der Waals surface area contributed by atoms with Gasteiger partial charge in [-0.3, -0.25) is 0 Å². The van der Waals surface area contributed by atoms with E-state index in [2.05, 4.69) is 25.8 Å². The summed E-state index contributed by atoms with van der Waals surface area (Å²) in [5.41, 5.74) is 0.201. The van der Waals surface area contributed by atoms with E-state index in [-0.39, 0.29) is 17.5 Å². The van der Waals surface area contributed by atoms with Crippen molar-refractivity contribution in [3.8, 4) is 0 Å². The zero-order valence-corrected chi connectivity index (χ0v) is 14.7. The minimum atomic E-state index is -4.47. The predicted octanol–water partition coefficient (Wildman–Crippen LogP) is 4.94. The quantitative estimate of drug-likeness (QED) is 0.621. The van der Waals surface area contributed by atoms with Crippen LogP contribution >= 0.6 is 11.6 Å². The third-order valence-corrected chi connectivity index (χ3v) is 3.92. The summed E-state index contributed by atoms with van der Waals surface area (Å²) in [5, 5.41) is 13.9. The first-order chi connectivity index (χ1) is 12.9.